The number of rotatable bonds is 5. The maximum atomic E-state index is 4.13. The lowest BCUT2D eigenvalue weighted by Crippen LogP contribution is -2.22. The van der Waals surface area contributed by atoms with Gasteiger partial charge in [-0.1, -0.05) is 11.3 Å². The number of hydrogen-bond acceptors (Lipinski definition) is 4. The Bertz CT molecular complexity index is 451. The predicted molar refractivity (Wildman–Crippen MR) is 65.4 cm³/mol. The lowest BCUT2D eigenvalue weighted by Gasteiger charge is -2.16. The van der Waals surface area contributed by atoms with E-state index in [4.69, 9.17) is 0 Å². The zero-order valence-electron chi connectivity index (χ0n) is 10.2. The highest BCUT2D eigenvalue weighted by molar-refractivity contribution is 5.14. The van der Waals surface area contributed by atoms with Gasteiger partial charge in [-0.25, -0.2) is 4.68 Å². The molecular weight excluding hydrogens is 214 g/mol. The highest BCUT2D eigenvalue weighted by Crippen LogP contribution is 2.16. The molecule has 0 aliphatic heterocycles. The monoisotopic (exact) mass is 231 g/mol. The maximum Gasteiger partial charge on any atom is 0.0759 e. The van der Waals surface area contributed by atoms with Crippen LogP contribution >= 0.6 is 0 Å². The first-order valence-electron chi connectivity index (χ1n) is 5.79. The summed E-state index contributed by atoms with van der Waals surface area (Å²) in [6.45, 7) is 2.90. The molecule has 0 amide bonds. The fourth-order valence-electron chi connectivity index (χ4n) is 1.89. The van der Waals surface area contributed by atoms with E-state index in [1.165, 1.54) is 5.56 Å². The summed E-state index contributed by atoms with van der Waals surface area (Å²) >= 11 is 0. The highest BCUT2D eigenvalue weighted by atomic mass is 15.4. The molecule has 0 saturated heterocycles. The molecule has 5 heteroatoms. The van der Waals surface area contributed by atoms with Crippen LogP contribution < -0.4 is 5.32 Å². The maximum absolute atomic E-state index is 4.13. The van der Waals surface area contributed by atoms with Crippen molar-refractivity contribution in [1.29, 1.82) is 0 Å². The van der Waals surface area contributed by atoms with Gasteiger partial charge < -0.3 is 5.32 Å². The third-order valence-corrected chi connectivity index (χ3v) is 2.82. The molecule has 2 aromatic rings. The van der Waals surface area contributed by atoms with Gasteiger partial charge >= 0.3 is 0 Å². The van der Waals surface area contributed by atoms with Crippen molar-refractivity contribution >= 4 is 0 Å². The fourth-order valence-corrected chi connectivity index (χ4v) is 1.89. The second kappa shape index (κ2) is 5.54. The smallest absolute Gasteiger partial charge is 0.0759 e. The number of hydrogen-bond donors (Lipinski definition) is 1. The zero-order valence-corrected chi connectivity index (χ0v) is 10.2. The highest BCUT2D eigenvalue weighted by Gasteiger charge is 2.15. The second-order valence-corrected chi connectivity index (χ2v) is 3.88. The quantitative estimate of drug-likeness (QED) is 0.840. The molecule has 0 aromatic carbocycles. The molecule has 5 nitrogen and oxygen atoms in total. The van der Waals surface area contributed by atoms with Crippen LogP contribution in [0.15, 0.2) is 30.7 Å². The molecule has 0 saturated carbocycles. The first-order chi connectivity index (χ1) is 8.35. The fraction of sp³-hybridized carbons (Fsp3) is 0.417. The van der Waals surface area contributed by atoms with Crippen molar-refractivity contribution in [3.8, 4) is 0 Å². The summed E-state index contributed by atoms with van der Waals surface area (Å²) in [4.78, 5) is 4.13. The Morgan fingerprint density at radius 2 is 2.29 bits per heavy atom. The Hall–Kier alpha value is -1.75. The Kier molecular flexibility index (Phi) is 3.82. The number of nitrogens with one attached hydrogen (secondary N) is 1. The van der Waals surface area contributed by atoms with Crippen molar-refractivity contribution in [1.82, 2.24) is 25.3 Å². The minimum Gasteiger partial charge on any atom is -0.311 e. The minimum absolute atomic E-state index is 0.217. The summed E-state index contributed by atoms with van der Waals surface area (Å²) in [5.41, 5.74) is 2.31. The van der Waals surface area contributed by atoms with Gasteiger partial charge in [-0.15, -0.1) is 5.10 Å². The van der Waals surface area contributed by atoms with Crippen LogP contribution in [0.2, 0.25) is 0 Å². The van der Waals surface area contributed by atoms with Crippen LogP contribution in [0.5, 0.6) is 0 Å². The van der Waals surface area contributed by atoms with Gasteiger partial charge in [-0.2, -0.15) is 0 Å². The van der Waals surface area contributed by atoms with Crippen molar-refractivity contribution in [2.75, 3.05) is 7.05 Å². The van der Waals surface area contributed by atoms with E-state index < -0.39 is 0 Å². The van der Waals surface area contributed by atoms with Gasteiger partial charge in [0.25, 0.3) is 0 Å². The average molecular weight is 231 g/mol. The van der Waals surface area contributed by atoms with Crippen LogP contribution in [0, 0.1) is 0 Å². The minimum atomic E-state index is 0.217. The van der Waals surface area contributed by atoms with Gasteiger partial charge in [0.2, 0.25) is 0 Å². The Labute approximate surface area is 101 Å². The summed E-state index contributed by atoms with van der Waals surface area (Å²) in [5.74, 6) is 0. The molecular formula is C12H17N5. The summed E-state index contributed by atoms with van der Waals surface area (Å²) in [7, 11) is 1.95. The van der Waals surface area contributed by atoms with Crippen LogP contribution in [-0.4, -0.2) is 27.0 Å². The van der Waals surface area contributed by atoms with Gasteiger partial charge in [0.1, 0.15) is 0 Å². The molecule has 1 atom stereocenters. The van der Waals surface area contributed by atoms with E-state index in [2.05, 4.69) is 33.6 Å². The van der Waals surface area contributed by atoms with Crippen molar-refractivity contribution in [2.24, 2.45) is 0 Å². The van der Waals surface area contributed by atoms with E-state index in [0.717, 1.165) is 18.7 Å². The van der Waals surface area contributed by atoms with Crippen molar-refractivity contribution in [2.45, 2.75) is 25.9 Å². The molecule has 17 heavy (non-hydrogen) atoms. The van der Waals surface area contributed by atoms with E-state index in [-0.39, 0.29) is 6.04 Å². The molecule has 0 spiro atoms. The van der Waals surface area contributed by atoms with E-state index in [1.54, 1.807) is 6.20 Å². The largest absolute Gasteiger partial charge is 0.311 e. The molecule has 0 bridgehead atoms. The summed E-state index contributed by atoms with van der Waals surface area (Å²) in [6, 6.07) is 4.25. The van der Waals surface area contributed by atoms with Crippen LogP contribution in [0.1, 0.15) is 24.2 Å². The molecule has 2 rings (SSSR count). The van der Waals surface area contributed by atoms with E-state index in [1.807, 2.05) is 30.2 Å². The van der Waals surface area contributed by atoms with Gasteiger partial charge in [-0.3, -0.25) is 4.98 Å². The summed E-state index contributed by atoms with van der Waals surface area (Å²) in [6.07, 6.45) is 6.39. The molecule has 0 aliphatic rings. The molecule has 2 aromatic heterocycles. The van der Waals surface area contributed by atoms with E-state index in [0.29, 0.717) is 0 Å². The number of likely N-dealkylation sites (N-methyl/N-ethyl adjacent to an activating group) is 1. The molecule has 0 fully saturated rings. The third kappa shape index (κ3) is 2.68. The molecule has 1 N–H and O–H groups in total. The Morgan fingerprint density at radius 1 is 1.41 bits per heavy atom. The van der Waals surface area contributed by atoms with Crippen molar-refractivity contribution in [3.05, 3.63) is 42.0 Å². The number of nitrogens with zero attached hydrogens (tertiary/aromatic N) is 4. The number of pyridine rings is 1. The Balaban J connectivity index is 2.17. The lowest BCUT2D eigenvalue weighted by atomic mass is 10.1. The third-order valence-electron chi connectivity index (χ3n) is 2.82. The lowest BCUT2D eigenvalue weighted by molar-refractivity contribution is 0.508. The Morgan fingerprint density at radius 3 is 2.94 bits per heavy atom. The number of aromatic nitrogens is 4. The predicted octanol–water partition coefficient (Wildman–Crippen LogP) is 1.20. The molecule has 2 heterocycles. The zero-order chi connectivity index (χ0) is 12.1. The topological polar surface area (TPSA) is 55.6 Å². The molecule has 0 radical (unpaired) electrons. The van der Waals surface area contributed by atoms with Crippen LogP contribution in [0.4, 0.5) is 0 Å². The van der Waals surface area contributed by atoms with Gasteiger partial charge in [0.05, 0.1) is 17.9 Å². The van der Waals surface area contributed by atoms with E-state index >= 15 is 0 Å². The normalized spacial score (nSPS) is 12.6. The first-order valence-corrected chi connectivity index (χ1v) is 5.79. The van der Waals surface area contributed by atoms with Crippen molar-refractivity contribution in [3.63, 3.8) is 0 Å². The van der Waals surface area contributed by atoms with Crippen molar-refractivity contribution < 1.29 is 0 Å². The first kappa shape index (κ1) is 11.7. The molecule has 0 aliphatic carbocycles. The van der Waals surface area contributed by atoms with E-state index in [9.17, 15) is 0 Å². The molecule has 90 valence electrons. The van der Waals surface area contributed by atoms with Crippen LogP contribution in [-0.2, 0) is 13.0 Å². The van der Waals surface area contributed by atoms with Gasteiger partial charge in [0.15, 0.2) is 0 Å². The average Bonchev–Trinajstić information content (AvgIpc) is 2.85. The number of aryl methyl sites for hydroxylation is 1. The van der Waals surface area contributed by atoms with Gasteiger partial charge in [-0.05, 0) is 32.0 Å². The summed E-state index contributed by atoms with van der Waals surface area (Å²) < 4.78 is 1.91. The summed E-state index contributed by atoms with van der Waals surface area (Å²) in [5, 5.41) is 11.3. The van der Waals surface area contributed by atoms with Crippen LogP contribution in [0.25, 0.3) is 0 Å². The standard InChI is InChI=1S/C12H17N5/c1-3-17-12(9-15-16-17)11(13-2)7-10-5-4-6-14-8-10/h4-6,8-9,11,13H,3,7H2,1-2H3. The molecule has 1 unspecified atom stereocenters. The SMILES string of the molecule is CCn1nncc1C(Cc1cccnc1)NC. The van der Waals surface area contributed by atoms with Crippen LogP contribution in [0.3, 0.4) is 0 Å². The van der Waals surface area contributed by atoms with Gasteiger partial charge in [0, 0.05) is 18.9 Å². The second-order valence-electron chi connectivity index (χ2n) is 3.88.